The Hall–Kier alpha value is -0.120. The van der Waals surface area contributed by atoms with Crippen LogP contribution in [0.15, 0.2) is 0 Å². The monoisotopic (exact) mass is 254 g/mol. The van der Waals surface area contributed by atoms with Crippen molar-refractivity contribution in [2.24, 2.45) is 11.3 Å². The van der Waals surface area contributed by atoms with Crippen molar-refractivity contribution in [1.29, 1.82) is 0 Å². The van der Waals surface area contributed by atoms with Crippen molar-refractivity contribution in [1.82, 2.24) is 0 Å². The minimum absolute atomic E-state index is 0.0259. The van der Waals surface area contributed by atoms with Gasteiger partial charge in [0, 0.05) is 5.92 Å². The van der Waals surface area contributed by atoms with Crippen molar-refractivity contribution < 1.29 is 14.9 Å². The lowest BCUT2D eigenvalue weighted by Gasteiger charge is -2.48. The predicted molar refractivity (Wildman–Crippen MR) is 69.2 cm³/mol. The smallest absolute Gasteiger partial charge is 0.103 e. The van der Waals surface area contributed by atoms with Gasteiger partial charge in [0.05, 0.1) is 17.3 Å². The molecule has 0 aromatic rings. The number of aliphatic hydroxyl groups is 2. The second-order valence-corrected chi connectivity index (χ2v) is 7.84. The molecule has 18 heavy (non-hydrogen) atoms. The molecule has 2 N–H and O–H groups in total. The standard InChI is InChI=1S/C15H26O3/c1-12(2)6-5-7-14(4,17)15-9-8-13(3,18-15)11(16)10(12)15/h10-11,16-17H,5-9H2,1-4H3/t10-,11+,13-,14-,15+/m1/s1. The molecule has 3 fully saturated rings. The van der Waals surface area contributed by atoms with E-state index in [-0.39, 0.29) is 11.3 Å². The Balaban J connectivity index is 2.15. The number of fused-ring (bicyclic) bond motifs is 1. The van der Waals surface area contributed by atoms with Crippen LogP contribution >= 0.6 is 0 Å². The minimum Gasteiger partial charge on any atom is -0.390 e. The van der Waals surface area contributed by atoms with Crippen molar-refractivity contribution in [3.8, 4) is 0 Å². The lowest BCUT2D eigenvalue weighted by molar-refractivity contribution is -0.180. The first kappa shape index (κ1) is 12.9. The minimum atomic E-state index is -0.819. The Morgan fingerprint density at radius 1 is 1.00 bits per heavy atom. The molecule has 104 valence electrons. The van der Waals surface area contributed by atoms with Gasteiger partial charge in [-0.2, -0.15) is 0 Å². The van der Waals surface area contributed by atoms with Gasteiger partial charge in [-0.3, -0.25) is 0 Å². The van der Waals surface area contributed by atoms with Crippen molar-refractivity contribution in [2.45, 2.75) is 82.7 Å². The summed E-state index contributed by atoms with van der Waals surface area (Å²) in [5.74, 6) is 0.0428. The summed E-state index contributed by atoms with van der Waals surface area (Å²) in [6, 6.07) is 0. The fraction of sp³-hybridized carbons (Fsp3) is 1.00. The van der Waals surface area contributed by atoms with E-state index in [1.165, 1.54) is 0 Å². The summed E-state index contributed by atoms with van der Waals surface area (Å²) in [4.78, 5) is 0. The van der Waals surface area contributed by atoms with E-state index in [2.05, 4.69) is 13.8 Å². The van der Waals surface area contributed by atoms with Gasteiger partial charge in [-0.15, -0.1) is 0 Å². The highest BCUT2D eigenvalue weighted by Crippen LogP contribution is 2.65. The molecule has 1 aliphatic carbocycles. The first-order chi connectivity index (χ1) is 8.15. The molecule has 1 spiro atoms. The van der Waals surface area contributed by atoms with E-state index in [9.17, 15) is 10.2 Å². The molecular weight excluding hydrogens is 228 g/mol. The highest BCUT2D eigenvalue weighted by molar-refractivity contribution is 5.22. The van der Waals surface area contributed by atoms with Crippen LogP contribution in [-0.4, -0.2) is 33.1 Å². The Bertz CT molecular complexity index is 376. The first-order valence-corrected chi connectivity index (χ1v) is 7.25. The van der Waals surface area contributed by atoms with Gasteiger partial charge >= 0.3 is 0 Å². The van der Waals surface area contributed by atoms with E-state index in [4.69, 9.17) is 4.74 Å². The Labute approximate surface area is 110 Å². The number of hydrogen-bond donors (Lipinski definition) is 2. The molecule has 3 nitrogen and oxygen atoms in total. The molecule has 3 rings (SSSR count). The zero-order valence-electron chi connectivity index (χ0n) is 12.0. The molecule has 0 aromatic heterocycles. The van der Waals surface area contributed by atoms with Crippen LogP contribution < -0.4 is 0 Å². The quantitative estimate of drug-likeness (QED) is 0.697. The fourth-order valence-electron chi connectivity index (χ4n) is 5.01. The fourth-order valence-corrected chi connectivity index (χ4v) is 5.01. The highest BCUT2D eigenvalue weighted by Gasteiger charge is 2.73. The summed E-state index contributed by atoms with van der Waals surface area (Å²) in [6.07, 6.45) is 4.11. The van der Waals surface area contributed by atoms with Gasteiger partial charge in [-0.25, -0.2) is 0 Å². The predicted octanol–water partition coefficient (Wildman–Crippen LogP) is 2.25. The van der Waals surface area contributed by atoms with E-state index >= 15 is 0 Å². The van der Waals surface area contributed by atoms with Crippen LogP contribution in [0.1, 0.15) is 59.8 Å². The van der Waals surface area contributed by atoms with Crippen LogP contribution in [0.3, 0.4) is 0 Å². The maximum Gasteiger partial charge on any atom is 0.103 e. The molecule has 2 saturated heterocycles. The van der Waals surface area contributed by atoms with Gasteiger partial charge in [0.25, 0.3) is 0 Å². The second-order valence-electron chi connectivity index (χ2n) is 7.84. The maximum atomic E-state index is 10.9. The molecule has 0 aromatic carbocycles. The molecule has 1 saturated carbocycles. The number of hydrogen-bond acceptors (Lipinski definition) is 3. The average Bonchev–Trinajstić information content (AvgIpc) is 2.65. The topological polar surface area (TPSA) is 49.7 Å². The average molecular weight is 254 g/mol. The third-order valence-electron chi connectivity index (χ3n) is 6.09. The highest BCUT2D eigenvalue weighted by atomic mass is 16.6. The largest absolute Gasteiger partial charge is 0.390 e. The summed E-state index contributed by atoms with van der Waals surface area (Å²) < 4.78 is 6.29. The Morgan fingerprint density at radius 2 is 1.67 bits per heavy atom. The molecule has 0 unspecified atom stereocenters. The van der Waals surface area contributed by atoms with Gasteiger partial charge in [-0.1, -0.05) is 13.8 Å². The van der Waals surface area contributed by atoms with Crippen LogP contribution in [0.5, 0.6) is 0 Å². The van der Waals surface area contributed by atoms with E-state index in [1.54, 1.807) is 0 Å². The van der Waals surface area contributed by atoms with Crippen molar-refractivity contribution >= 4 is 0 Å². The molecule has 3 aliphatic rings. The van der Waals surface area contributed by atoms with Gasteiger partial charge in [0.1, 0.15) is 5.60 Å². The van der Waals surface area contributed by atoms with Gasteiger partial charge in [0.15, 0.2) is 0 Å². The third-order valence-corrected chi connectivity index (χ3v) is 6.09. The summed E-state index contributed by atoms with van der Waals surface area (Å²) >= 11 is 0. The molecule has 0 radical (unpaired) electrons. The van der Waals surface area contributed by atoms with E-state index in [0.29, 0.717) is 0 Å². The molecule has 2 aliphatic heterocycles. The zero-order chi connectivity index (χ0) is 13.4. The number of rotatable bonds is 0. The van der Waals surface area contributed by atoms with Gasteiger partial charge in [0.2, 0.25) is 0 Å². The van der Waals surface area contributed by atoms with Crippen LogP contribution in [0.4, 0.5) is 0 Å². The lowest BCUT2D eigenvalue weighted by Crippen LogP contribution is -2.59. The second kappa shape index (κ2) is 3.31. The Kier molecular flexibility index (Phi) is 2.37. The maximum absolute atomic E-state index is 10.9. The zero-order valence-corrected chi connectivity index (χ0v) is 12.0. The summed E-state index contributed by atoms with van der Waals surface area (Å²) in [6.45, 7) is 8.35. The third kappa shape index (κ3) is 1.31. The van der Waals surface area contributed by atoms with Crippen LogP contribution in [0, 0.1) is 11.3 Å². The molecule has 3 heteroatoms. The van der Waals surface area contributed by atoms with Gasteiger partial charge in [-0.05, 0) is 51.4 Å². The first-order valence-electron chi connectivity index (χ1n) is 7.25. The summed E-state index contributed by atoms with van der Waals surface area (Å²) in [7, 11) is 0. The van der Waals surface area contributed by atoms with Crippen LogP contribution in [-0.2, 0) is 4.74 Å². The van der Waals surface area contributed by atoms with Crippen molar-refractivity contribution in [2.75, 3.05) is 0 Å². The summed E-state index contributed by atoms with van der Waals surface area (Å²) in [5.41, 5.74) is -1.79. The van der Waals surface area contributed by atoms with E-state index < -0.39 is 22.9 Å². The lowest BCUT2D eigenvalue weighted by atomic mass is 9.58. The van der Waals surface area contributed by atoms with Gasteiger partial charge < -0.3 is 14.9 Å². The number of ether oxygens (including phenoxy) is 1. The van der Waals surface area contributed by atoms with Crippen LogP contribution in [0.25, 0.3) is 0 Å². The summed E-state index contributed by atoms with van der Waals surface area (Å²) in [5, 5.41) is 21.7. The molecule has 5 atom stereocenters. The molecular formula is C15H26O3. The normalized spacial score (nSPS) is 58.3. The molecule has 0 amide bonds. The van der Waals surface area contributed by atoms with Crippen molar-refractivity contribution in [3.05, 3.63) is 0 Å². The molecule has 2 bridgehead atoms. The molecule has 2 heterocycles. The number of aliphatic hydroxyl groups excluding tert-OH is 1. The van der Waals surface area contributed by atoms with E-state index in [1.807, 2.05) is 13.8 Å². The Morgan fingerprint density at radius 3 is 2.33 bits per heavy atom. The van der Waals surface area contributed by atoms with E-state index in [0.717, 1.165) is 32.1 Å². The van der Waals surface area contributed by atoms with Crippen LogP contribution in [0.2, 0.25) is 0 Å². The SMILES string of the molecule is CC1(C)CCC[C@@](C)(O)[C@@]23CC[C@@](C)(O2)[C@@H](O)[C@H]13. The van der Waals surface area contributed by atoms with Crippen molar-refractivity contribution in [3.63, 3.8) is 0 Å².